The smallest absolute Gasteiger partial charge is 0.106 e. The highest BCUT2D eigenvalue weighted by Gasteiger charge is 2.23. The molecule has 0 radical (unpaired) electrons. The average Bonchev–Trinajstić information content (AvgIpc) is 2.51. The molecule has 0 saturated heterocycles. The Balaban J connectivity index is 0.00000172. The Bertz CT molecular complexity index is 332. The molecule has 0 aliphatic carbocycles. The first-order valence-electron chi connectivity index (χ1n) is 6.86. The third-order valence-electron chi connectivity index (χ3n) is 3.15. The Morgan fingerprint density at radius 3 is 2.50 bits per heavy atom. The van der Waals surface area contributed by atoms with Crippen molar-refractivity contribution in [3.63, 3.8) is 0 Å². The maximum absolute atomic E-state index is 9.48. The van der Waals surface area contributed by atoms with E-state index in [1.807, 2.05) is 32.0 Å². The summed E-state index contributed by atoms with van der Waals surface area (Å²) < 4.78 is 5.73. The van der Waals surface area contributed by atoms with Gasteiger partial charge >= 0.3 is 0 Å². The van der Waals surface area contributed by atoms with Gasteiger partial charge in [0.25, 0.3) is 0 Å². The Labute approximate surface area is 122 Å². The predicted octanol–water partition coefficient (Wildman–Crippen LogP) is 2.02. The van der Waals surface area contributed by atoms with Gasteiger partial charge in [-0.25, -0.2) is 0 Å². The second-order valence-electron chi connectivity index (χ2n) is 5.15. The summed E-state index contributed by atoms with van der Waals surface area (Å²) in [6.45, 7) is 6.44. The normalized spacial score (nSPS) is 13.2. The molecule has 0 aromatic heterocycles. The highest BCUT2D eigenvalue weighted by molar-refractivity contribution is 5.13. The minimum atomic E-state index is -0.133. The lowest BCUT2D eigenvalue weighted by Crippen LogP contribution is -2.28. The minimum absolute atomic E-state index is 0.133. The summed E-state index contributed by atoms with van der Waals surface area (Å²) in [4.78, 5) is 8.00. The van der Waals surface area contributed by atoms with Gasteiger partial charge in [-0.2, -0.15) is 0 Å². The van der Waals surface area contributed by atoms with E-state index in [0.29, 0.717) is 13.2 Å². The van der Waals surface area contributed by atoms with E-state index in [-0.39, 0.29) is 12.0 Å². The van der Waals surface area contributed by atoms with Crippen LogP contribution in [0.2, 0.25) is 0 Å². The van der Waals surface area contributed by atoms with Gasteiger partial charge < -0.3 is 20.0 Å². The van der Waals surface area contributed by atoms with Crippen molar-refractivity contribution in [3.05, 3.63) is 35.9 Å². The van der Waals surface area contributed by atoms with E-state index in [2.05, 4.69) is 24.4 Å². The lowest BCUT2D eigenvalue weighted by atomic mass is 9.87. The second-order valence-corrected chi connectivity index (χ2v) is 5.15. The number of aliphatic hydroxyl groups is 1. The fourth-order valence-corrected chi connectivity index (χ4v) is 1.88. The Hall–Kier alpha value is -1.23. The van der Waals surface area contributed by atoms with Crippen molar-refractivity contribution >= 4 is 6.79 Å². The van der Waals surface area contributed by atoms with E-state index in [9.17, 15) is 5.11 Å². The fraction of sp³-hybridized carbons (Fsp3) is 0.562. The first-order valence-corrected chi connectivity index (χ1v) is 6.86. The number of rotatable bonds is 9. The molecule has 1 aromatic rings. The minimum Gasteiger partial charge on any atom is -0.396 e. The van der Waals surface area contributed by atoms with Crippen molar-refractivity contribution in [2.75, 3.05) is 26.8 Å². The number of nitrogens with one attached hydrogen (secondary N) is 1. The fourth-order valence-electron chi connectivity index (χ4n) is 1.88. The highest BCUT2D eigenvalue weighted by Crippen LogP contribution is 2.23. The molecule has 0 fully saturated rings. The van der Waals surface area contributed by atoms with Crippen molar-refractivity contribution in [1.29, 1.82) is 0 Å². The molecule has 1 aromatic carbocycles. The number of carbonyl (C=O) groups is 1. The molecule has 4 heteroatoms. The van der Waals surface area contributed by atoms with Gasteiger partial charge in [0.05, 0.1) is 19.8 Å². The quantitative estimate of drug-likeness (QED) is 0.680. The zero-order chi connectivity index (χ0) is 15.3. The number of hydrogen-bond acceptors (Lipinski definition) is 4. The lowest BCUT2D eigenvalue weighted by Gasteiger charge is -2.27. The van der Waals surface area contributed by atoms with Crippen LogP contribution >= 0.6 is 0 Å². The summed E-state index contributed by atoms with van der Waals surface area (Å²) >= 11 is 0. The topological polar surface area (TPSA) is 58.6 Å². The monoisotopic (exact) mass is 281 g/mol. The van der Waals surface area contributed by atoms with Crippen LogP contribution in [-0.2, 0) is 16.1 Å². The first kappa shape index (κ1) is 18.8. The molecule has 0 aliphatic rings. The van der Waals surface area contributed by atoms with E-state index < -0.39 is 0 Å². The molecule has 1 unspecified atom stereocenters. The Morgan fingerprint density at radius 1 is 1.30 bits per heavy atom. The maximum Gasteiger partial charge on any atom is 0.106 e. The molecular formula is C16H27NO3. The van der Waals surface area contributed by atoms with Crippen molar-refractivity contribution in [2.24, 2.45) is 5.41 Å². The van der Waals surface area contributed by atoms with Crippen molar-refractivity contribution in [3.8, 4) is 0 Å². The summed E-state index contributed by atoms with van der Waals surface area (Å²) in [5, 5.41) is 12.6. The molecule has 114 valence electrons. The van der Waals surface area contributed by atoms with E-state index in [1.54, 1.807) is 0 Å². The Kier molecular flexibility index (Phi) is 10.9. The number of carbonyl (C=O) groups excluding carboxylic acids is 1. The van der Waals surface area contributed by atoms with E-state index in [0.717, 1.165) is 19.4 Å². The summed E-state index contributed by atoms with van der Waals surface area (Å²) in [6.07, 6.45) is 2.03. The third-order valence-corrected chi connectivity index (χ3v) is 3.15. The molecule has 2 N–H and O–H groups in total. The molecule has 1 atom stereocenters. The SMILES string of the molecule is C=O.CNCCCC(C)(CO)COCc1ccccc1. The summed E-state index contributed by atoms with van der Waals surface area (Å²) in [5.74, 6) is 0. The van der Waals surface area contributed by atoms with Gasteiger partial charge in [0.2, 0.25) is 0 Å². The van der Waals surface area contributed by atoms with E-state index in [1.165, 1.54) is 5.56 Å². The number of aliphatic hydroxyl groups excluding tert-OH is 1. The molecule has 1 rings (SSSR count). The van der Waals surface area contributed by atoms with Crippen molar-refractivity contribution in [2.45, 2.75) is 26.4 Å². The predicted molar refractivity (Wildman–Crippen MR) is 81.6 cm³/mol. The molecule has 4 nitrogen and oxygen atoms in total. The molecule has 0 amide bonds. The molecule has 0 saturated carbocycles. The third kappa shape index (κ3) is 8.04. The van der Waals surface area contributed by atoms with Crippen LogP contribution in [-0.4, -0.2) is 38.7 Å². The molecule has 0 spiro atoms. The van der Waals surface area contributed by atoms with Crippen LogP contribution in [0.5, 0.6) is 0 Å². The standard InChI is InChI=1S/C15H25NO2.CH2O/c1-15(12-17,9-6-10-16-2)13-18-11-14-7-4-3-5-8-14;1-2/h3-5,7-8,16-17H,6,9-13H2,1-2H3;1H2. The molecule has 0 aliphatic heterocycles. The maximum atomic E-state index is 9.48. The van der Waals surface area contributed by atoms with E-state index in [4.69, 9.17) is 9.53 Å². The highest BCUT2D eigenvalue weighted by atomic mass is 16.5. The van der Waals surface area contributed by atoms with Gasteiger partial charge in [-0.05, 0) is 32.0 Å². The van der Waals surface area contributed by atoms with Gasteiger partial charge in [0, 0.05) is 5.41 Å². The van der Waals surface area contributed by atoms with Gasteiger partial charge in [-0.1, -0.05) is 37.3 Å². The zero-order valence-corrected chi connectivity index (χ0v) is 12.6. The number of ether oxygens (including phenoxy) is 1. The number of hydrogen-bond donors (Lipinski definition) is 2. The second kappa shape index (κ2) is 11.6. The average molecular weight is 281 g/mol. The van der Waals surface area contributed by atoms with Crippen LogP contribution in [0.3, 0.4) is 0 Å². The van der Waals surface area contributed by atoms with Crippen LogP contribution in [0.4, 0.5) is 0 Å². The van der Waals surface area contributed by atoms with Crippen LogP contribution in [0.15, 0.2) is 30.3 Å². The van der Waals surface area contributed by atoms with Crippen LogP contribution in [0, 0.1) is 5.41 Å². The number of benzene rings is 1. The van der Waals surface area contributed by atoms with Gasteiger partial charge in [0.15, 0.2) is 0 Å². The molecule has 0 heterocycles. The summed E-state index contributed by atoms with van der Waals surface area (Å²) in [6, 6.07) is 10.1. The van der Waals surface area contributed by atoms with Gasteiger partial charge in [-0.3, -0.25) is 0 Å². The van der Waals surface area contributed by atoms with Gasteiger partial charge in [-0.15, -0.1) is 0 Å². The largest absolute Gasteiger partial charge is 0.396 e. The van der Waals surface area contributed by atoms with E-state index >= 15 is 0 Å². The van der Waals surface area contributed by atoms with Crippen molar-refractivity contribution in [1.82, 2.24) is 5.32 Å². The molecule has 20 heavy (non-hydrogen) atoms. The molecular weight excluding hydrogens is 254 g/mol. The zero-order valence-electron chi connectivity index (χ0n) is 12.6. The first-order chi connectivity index (χ1) is 9.70. The van der Waals surface area contributed by atoms with Crippen molar-refractivity contribution < 1.29 is 14.6 Å². The molecule has 0 bridgehead atoms. The van der Waals surface area contributed by atoms with Crippen LogP contribution in [0.1, 0.15) is 25.3 Å². The lowest BCUT2D eigenvalue weighted by molar-refractivity contribution is -0.0979. The van der Waals surface area contributed by atoms with Crippen LogP contribution < -0.4 is 5.32 Å². The van der Waals surface area contributed by atoms with Crippen LogP contribution in [0.25, 0.3) is 0 Å². The Morgan fingerprint density at radius 2 is 1.95 bits per heavy atom. The summed E-state index contributed by atoms with van der Waals surface area (Å²) in [5.41, 5.74) is 1.04. The summed E-state index contributed by atoms with van der Waals surface area (Å²) in [7, 11) is 1.95. The van der Waals surface area contributed by atoms with Gasteiger partial charge in [0.1, 0.15) is 6.79 Å².